The van der Waals surface area contributed by atoms with E-state index in [1.54, 1.807) is 23.0 Å². The molecule has 1 aromatic rings. The molecule has 0 bridgehead atoms. The lowest BCUT2D eigenvalue weighted by atomic mass is 10.4. The Balaban J connectivity index is 2.23. The number of rotatable bonds is 5. The summed E-state index contributed by atoms with van der Waals surface area (Å²) in [6.45, 7) is -0.981. The number of carbonyl (C=O) groups is 1. The highest BCUT2D eigenvalue weighted by atomic mass is 19.4. The first-order chi connectivity index (χ1) is 7.01. The molecule has 0 aliphatic rings. The van der Waals surface area contributed by atoms with Crippen molar-refractivity contribution in [3.63, 3.8) is 0 Å². The van der Waals surface area contributed by atoms with Crippen LogP contribution in [0.2, 0.25) is 0 Å². The Bertz CT molecular complexity index is 319. The van der Waals surface area contributed by atoms with Gasteiger partial charge in [0.2, 0.25) is 0 Å². The van der Waals surface area contributed by atoms with Crippen LogP contribution in [-0.2, 0) is 11.3 Å². The molecule has 0 fully saturated rings. The summed E-state index contributed by atoms with van der Waals surface area (Å²) in [6, 6.07) is 1.58. The fourth-order valence-corrected chi connectivity index (χ4v) is 1.03. The first kappa shape index (κ1) is 11.8. The molecular formula is C9H10F3NO2. The van der Waals surface area contributed by atoms with Crippen molar-refractivity contribution in [1.82, 2.24) is 4.57 Å². The SMILES string of the molecule is O=Cc1ccn(CCOCC(F)(F)F)c1. The van der Waals surface area contributed by atoms with Crippen molar-refractivity contribution < 1.29 is 22.7 Å². The summed E-state index contributed by atoms with van der Waals surface area (Å²) in [7, 11) is 0. The Hall–Kier alpha value is -1.30. The first-order valence-corrected chi connectivity index (χ1v) is 4.27. The number of aromatic nitrogens is 1. The summed E-state index contributed by atoms with van der Waals surface area (Å²) >= 11 is 0. The Labute approximate surface area is 84.4 Å². The number of halogens is 3. The van der Waals surface area contributed by atoms with Gasteiger partial charge in [-0.15, -0.1) is 0 Å². The van der Waals surface area contributed by atoms with Gasteiger partial charge in [0.25, 0.3) is 0 Å². The number of ether oxygens (including phenoxy) is 1. The summed E-state index contributed by atoms with van der Waals surface area (Å²) < 4.78 is 41.0. The van der Waals surface area contributed by atoms with Gasteiger partial charge >= 0.3 is 6.18 Å². The van der Waals surface area contributed by atoms with Gasteiger partial charge in [-0.2, -0.15) is 13.2 Å². The molecule has 0 radical (unpaired) electrons. The highest BCUT2D eigenvalue weighted by Gasteiger charge is 2.27. The largest absolute Gasteiger partial charge is 0.411 e. The van der Waals surface area contributed by atoms with E-state index in [1.165, 1.54) is 0 Å². The molecule has 0 spiro atoms. The van der Waals surface area contributed by atoms with Crippen molar-refractivity contribution in [2.24, 2.45) is 0 Å². The average molecular weight is 221 g/mol. The first-order valence-electron chi connectivity index (χ1n) is 4.27. The second kappa shape index (κ2) is 4.97. The van der Waals surface area contributed by atoms with Gasteiger partial charge in [0.15, 0.2) is 6.29 Å². The van der Waals surface area contributed by atoms with Crippen LogP contribution in [0.15, 0.2) is 18.5 Å². The number of aldehydes is 1. The highest BCUT2D eigenvalue weighted by Crippen LogP contribution is 2.14. The molecule has 1 rings (SSSR count). The third kappa shape index (κ3) is 4.64. The van der Waals surface area contributed by atoms with Crippen LogP contribution in [0.5, 0.6) is 0 Å². The Morgan fingerprint density at radius 2 is 2.20 bits per heavy atom. The van der Waals surface area contributed by atoms with E-state index in [2.05, 4.69) is 4.74 Å². The van der Waals surface area contributed by atoms with Crippen LogP contribution in [0.25, 0.3) is 0 Å². The zero-order chi connectivity index (χ0) is 11.3. The average Bonchev–Trinajstić information content (AvgIpc) is 2.59. The van der Waals surface area contributed by atoms with Crippen molar-refractivity contribution in [3.05, 3.63) is 24.0 Å². The molecule has 0 aromatic carbocycles. The zero-order valence-electron chi connectivity index (χ0n) is 7.83. The van der Waals surface area contributed by atoms with Gasteiger partial charge in [-0.3, -0.25) is 4.79 Å². The fraction of sp³-hybridized carbons (Fsp3) is 0.444. The summed E-state index contributed by atoms with van der Waals surface area (Å²) in [5.41, 5.74) is 0.492. The van der Waals surface area contributed by atoms with Crippen molar-refractivity contribution in [3.8, 4) is 0 Å². The third-order valence-corrected chi connectivity index (χ3v) is 1.67. The number of hydrogen-bond acceptors (Lipinski definition) is 2. The topological polar surface area (TPSA) is 31.2 Å². The Morgan fingerprint density at radius 1 is 1.47 bits per heavy atom. The molecule has 0 N–H and O–H groups in total. The second-order valence-corrected chi connectivity index (χ2v) is 2.97. The normalized spacial score (nSPS) is 11.7. The molecule has 3 nitrogen and oxygen atoms in total. The molecule has 1 heterocycles. The molecule has 0 aliphatic heterocycles. The fourth-order valence-electron chi connectivity index (χ4n) is 1.03. The third-order valence-electron chi connectivity index (χ3n) is 1.67. The summed E-state index contributed by atoms with van der Waals surface area (Å²) in [5, 5.41) is 0. The lowest BCUT2D eigenvalue weighted by molar-refractivity contribution is -0.174. The molecule has 6 heteroatoms. The van der Waals surface area contributed by atoms with Crippen LogP contribution in [0.3, 0.4) is 0 Å². The Morgan fingerprint density at radius 3 is 2.73 bits per heavy atom. The second-order valence-electron chi connectivity index (χ2n) is 2.97. The zero-order valence-corrected chi connectivity index (χ0v) is 7.83. The molecule has 15 heavy (non-hydrogen) atoms. The molecule has 0 unspecified atom stereocenters. The van der Waals surface area contributed by atoms with Crippen molar-refractivity contribution in [2.45, 2.75) is 12.7 Å². The Kier molecular flexibility index (Phi) is 3.90. The van der Waals surface area contributed by atoms with E-state index < -0.39 is 12.8 Å². The monoisotopic (exact) mass is 221 g/mol. The van der Waals surface area contributed by atoms with Gasteiger partial charge in [-0.1, -0.05) is 0 Å². The van der Waals surface area contributed by atoms with E-state index in [0.29, 0.717) is 18.4 Å². The predicted molar refractivity (Wildman–Crippen MR) is 46.7 cm³/mol. The molecule has 0 saturated carbocycles. The molecule has 0 aliphatic carbocycles. The number of carbonyl (C=O) groups excluding carboxylic acids is 1. The van der Waals surface area contributed by atoms with Crippen LogP contribution in [0, 0.1) is 0 Å². The van der Waals surface area contributed by atoms with E-state index in [-0.39, 0.29) is 6.61 Å². The van der Waals surface area contributed by atoms with Crippen molar-refractivity contribution in [1.29, 1.82) is 0 Å². The van der Waals surface area contributed by atoms with Crippen molar-refractivity contribution >= 4 is 6.29 Å². The van der Waals surface area contributed by atoms with E-state index in [1.807, 2.05) is 0 Å². The molecule has 84 valence electrons. The van der Waals surface area contributed by atoms with Crippen LogP contribution in [-0.4, -0.2) is 30.2 Å². The maximum Gasteiger partial charge on any atom is 0.411 e. The van der Waals surface area contributed by atoms with E-state index >= 15 is 0 Å². The van der Waals surface area contributed by atoms with E-state index in [4.69, 9.17) is 0 Å². The maximum atomic E-state index is 11.7. The molecule has 0 saturated heterocycles. The van der Waals surface area contributed by atoms with Gasteiger partial charge in [0, 0.05) is 24.5 Å². The number of nitrogens with zero attached hydrogens (tertiary/aromatic N) is 1. The van der Waals surface area contributed by atoms with Gasteiger partial charge in [-0.25, -0.2) is 0 Å². The molecule has 1 aromatic heterocycles. The van der Waals surface area contributed by atoms with Gasteiger partial charge in [0.1, 0.15) is 6.61 Å². The predicted octanol–water partition coefficient (Wildman–Crippen LogP) is 1.88. The minimum atomic E-state index is -4.29. The van der Waals surface area contributed by atoms with Crippen LogP contribution < -0.4 is 0 Å². The van der Waals surface area contributed by atoms with Crippen LogP contribution in [0.4, 0.5) is 13.2 Å². The summed E-state index contributed by atoms with van der Waals surface area (Å²) in [6.07, 6.45) is -0.456. The van der Waals surface area contributed by atoms with Gasteiger partial charge < -0.3 is 9.30 Å². The number of alkyl halides is 3. The molecule has 0 atom stereocenters. The lowest BCUT2D eigenvalue weighted by Crippen LogP contribution is -2.18. The smallest absolute Gasteiger partial charge is 0.370 e. The summed E-state index contributed by atoms with van der Waals surface area (Å²) in [4.78, 5) is 10.3. The van der Waals surface area contributed by atoms with E-state index in [0.717, 1.165) is 0 Å². The van der Waals surface area contributed by atoms with Crippen LogP contribution >= 0.6 is 0 Å². The maximum absolute atomic E-state index is 11.7. The summed E-state index contributed by atoms with van der Waals surface area (Å²) in [5.74, 6) is 0. The van der Waals surface area contributed by atoms with Crippen LogP contribution in [0.1, 0.15) is 10.4 Å². The number of hydrogen-bond donors (Lipinski definition) is 0. The quantitative estimate of drug-likeness (QED) is 0.561. The molecule has 0 amide bonds. The minimum absolute atomic E-state index is 0.0352. The lowest BCUT2D eigenvalue weighted by Gasteiger charge is -2.07. The van der Waals surface area contributed by atoms with Gasteiger partial charge in [0.05, 0.1) is 6.61 Å². The van der Waals surface area contributed by atoms with Crippen molar-refractivity contribution in [2.75, 3.05) is 13.2 Å². The minimum Gasteiger partial charge on any atom is -0.370 e. The molecular weight excluding hydrogens is 211 g/mol. The standard InChI is InChI=1S/C9H10F3NO2/c10-9(11,12)7-15-4-3-13-2-1-8(5-13)6-14/h1-2,5-6H,3-4,7H2. The highest BCUT2D eigenvalue weighted by molar-refractivity contribution is 5.74. The van der Waals surface area contributed by atoms with E-state index in [9.17, 15) is 18.0 Å². The van der Waals surface area contributed by atoms with Gasteiger partial charge in [-0.05, 0) is 6.07 Å².